The molecule has 0 aliphatic heterocycles. The summed E-state index contributed by atoms with van der Waals surface area (Å²) in [4.78, 5) is 22.0. The SMILES string of the molecule is Cc1ccc(-c2nc3ccc(C(=O)C[C@H]4CCc5ccccc54)cc3s2)cn1. The van der Waals surface area contributed by atoms with Gasteiger partial charge in [0.25, 0.3) is 0 Å². The van der Waals surface area contributed by atoms with Gasteiger partial charge in [-0.15, -0.1) is 11.3 Å². The van der Waals surface area contributed by atoms with Crippen LogP contribution in [0.2, 0.25) is 0 Å². The number of aromatic nitrogens is 2. The Hall–Kier alpha value is -2.85. The normalized spacial score (nSPS) is 15.7. The van der Waals surface area contributed by atoms with Gasteiger partial charge in [0.15, 0.2) is 5.78 Å². The van der Waals surface area contributed by atoms with Gasteiger partial charge >= 0.3 is 0 Å². The summed E-state index contributed by atoms with van der Waals surface area (Å²) in [5.41, 5.74) is 6.48. The van der Waals surface area contributed by atoms with Crippen LogP contribution in [0.4, 0.5) is 0 Å². The minimum Gasteiger partial charge on any atom is -0.294 e. The summed E-state index contributed by atoms with van der Waals surface area (Å²) < 4.78 is 1.05. The number of thiazole rings is 1. The molecule has 0 saturated heterocycles. The van der Waals surface area contributed by atoms with Crippen molar-refractivity contribution in [2.75, 3.05) is 0 Å². The molecule has 1 aliphatic carbocycles. The van der Waals surface area contributed by atoms with E-state index in [2.05, 4.69) is 29.2 Å². The van der Waals surface area contributed by atoms with Crippen LogP contribution in [0.5, 0.6) is 0 Å². The maximum Gasteiger partial charge on any atom is 0.163 e. The second-order valence-electron chi connectivity index (χ2n) is 7.45. The van der Waals surface area contributed by atoms with Crippen LogP contribution < -0.4 is 0 Å². The molecular weight excluding hydrogens is 364 g/mol. The number of aryl methyl sites for hydroxylation is 2. The molecule has 2 aromatic carbocycles. The van der Waals surface area contributed by atoms with Gasteiger partial charge in [0, 0.05) is 29.4 Å². The molecule has 4 heteroatoms. The second kappa shape index (κ2) is 6.95. The minimum absolute atomic E-state index is 0.218. The fourth-order valence-electron chi connectivity index (χ4n) is 4.01. The molecule has 0 fully saturated rings. The van der Waals surface area contributed by atoms with Crippen LogP contribution >= 0.6 is 11.3 Å². The third kappa shape index (κ3) is 3.14. The molecule has 0 N–H and O–H groups in total. The van der Waals surface area contributed by atoms with Gasteiger partial charge in [0.2, 0.25) is 0 Å². The monoisotopic (exact) mass is 384 g/mol. The van der Waals surface area contributed by atoms with E-state index in [0.29, 0.717) is 12.3 Å². The van der Waals surface area contributed by atoms with Crippen LogP contribution in [0.3, 0.4) is 0 Å². The summed E-state index contributed by atoms with van der Waals surface area (Å²) in [5, 5.41) is 0.941. The summed E-state index contributed by atoms with van der Waals surface area (Å²) in [5.74, 6) is 0.561. The second-order valence-corrected chi connectivity index (χ2v) is 8.48. The number of rotatable bonds is 4. The summed E-state index contributed by atoms with van der Waals surface area (Å²) in [6.45, 7) is 1.97. The number of pyridine rings is 1. The topological polar surface area (TPSA) is 42.9 Å². The Labute approximate surface area is 168 Å². The number of hydrogen-bond donors (Lipinski definition) is 0. The van der Waals surface area contributed by atoms with E-state index in [4.69, 9.17) is 4.98 Å². The highest BCUT2D eigenvalue weighted by Gasteiger charge is 2.24. The molecule has 0 saturated carbocycles. The molecule has 0 unspecified atom stereocenters. The number of nitrogens with zero attached hydrogens (tertiary/aromatic N) is 2. The maximum atomic E-state index is 12.9. The summed E-state index contributed by atoms with van der Waals surface area (Å²) in [7, 11) is 0. The lowest BCUT2D eigenvalue weighted by molar-refractivity contribution is 0.0973. The van der Waals surface area contributed by atoms with Gasteiger partial charge in [-0.1, -0.05) is 24.3 Å². The predicted octanol–water partition coefficient (Wildman–Crippen LogP) is 5.97. The first kappa shape index (κ1) is 17.3. The highest BCUT2D eigenvalue weighted by Crippen LogP contribution is 2.36. The number of Topliss-reactive ketones (excluding diaryl/α,β-unsaturated/α-hetero) is 1. The predicted molar refractivity (Wildman–Crippen MR) is 114 cm³/mol. The number of carbonyl (C=O) groups is 1. The Kier molecular flexibility index (Phi) is 4.29. The molecule has 2 heterocycles. The molecule has 3 nitrogen and oxygen atoms in total. The van der Waals surface area contributed by atoms with Crippen molar-refractivity contribution in [1.29, 1.82) is 0 Å². The molecule has 0 bridgehead atoms. The number of benzene rings is 2. The first-order valence-corrected chi connectivity index (χ1v) is 10.4. The molecule has 0 radical (unpaired) electrons. The molecule has 1 aliphatic rings. The van der Waals surface area contributed by atoms with Crippen molar-refractivity contribution < 1.29 is 4.79 Å². The van der Waals surface area contributed by atoms with Gasteiger partial charge < -0.3 is 0 Å². The first-order valence-electron chi connectivity index (χ1n) is 9.62. The molecule has 4 aromatic rings. The minimum atomic E-state index is 0.218. The van der Waals surface area contributed by atoms with Gasteiger partial charge in [0.1, 0.15) is 5.01 Å². The van der Waals surface area contributed by atoms with Crippen molar-refractivity contribution in [3.8, 4) is 10.6 Å². The Morgan fingerprint density at radius 3 is 2.89 bits per heavy atom. The Morgan fingerprint density at radius 1 is 1.14 bits per heavy atom. The molecule has 0 spiro atoms. The molecule has 2 aromatic heterocycles. The molecule has 28 heavy (non-hydrogen) atoms. The van der Waals surface area contributed by atoms with E-state index in [9.17, 15) is 4.79 Å². The number of hydrogen-bond acceptors (Lipinski definition) is 4. The number of fused-ring (bicyclic) bond motifs is 2. The van der Waals surface area contributed by atoms with E-state index in [1.54, 1.807) is 11.3 Å². The average Bonchev–Trinajstić information content (AvgIpc) is 3.32. The fourth-order valence-corrected chi connectivity index (χ4v) is 5.01. The highest BCUT2D eigenvalue weighted by molar-refractivity contribution is 7.21. The summed E-state index contributed by atoms with van der Waals surface area (Å²) in [6.07, 6.45) is 4.58. The van der Waals surface area contributed by atoms with Crippen LogP contribution in [0.15, 0.2) is 60.8 Å². The van der Waals surface area contributed by atoms with Crippen LogP contribution in [0.1, 0.15) is 45.9 Å². The van der Waals surface area contributed by atoms with Crippen molar-refractivity contribution in [2.24, 2.45) is 0 Å². The van der Waals surface area contributed by atoms with E-state index < -0.39 is 0 Å². The largest absolute Gasteiger partial charge is 0.294 e. The van der Waals surface area contributed by atoms with Crippen LogP contribution in [0.25, 0.3) is 20.8 Å². The smallest absolute Gasteiger partial charge is 0.163 e. The molecule has 1 atom stereocenters. The van der Waals surface area contributed by atoms with Crippen LogP contribution in [-0.2, 0) is 6.42 Å². The highest BCUT2D eigenvalue weighted by atomic mass is 32.1. The van der Waals surface area contributed by atoms with Crippen molar-refractivity contribution in [2.45, 2.75) is 32.1 Å². The molecule has 0 amide bonds. The lowest BCUT2D eigenvalue weighted by atomic mass is 9.93. The molecule has 138 valence electrons. The van der Waals surface area contributed by atoms with Gasteiger partial charge in [-0.2, -0.15) is 0 Å². The van der Waals surface area contributed by atoms with Crippen molar-refractivity contribution in [3.63, 3.8) is 0 Å². The zero-order valence-corrected chi connectivity index (χ0v) is 16.5. The van der Waals surface area contributed by atoms with E-state index in [-0.39, 0.29) is 5.78 Å². The fraction of sp³-hybridized carbons (Fsp3) is 0.208. The third-order valence-corrected chi connectivity index (χ3v) is 6.62. The van der Waals surface area contributed by atoms with Crippen LogP contribution in [0, 0.1) is 6.92 Å². The summed E-state index contributed by atoms with van der Waals surface area (Å²) >= 11 is 1.62. The van der Waals surface area contributed by atoms with Gasteiger partial charge in [-0.25, -0.2) is 4.98 Å². The number of ketones is 1. The maximum absolute atomic E-state index is 12.9. The van der Waals surface area contributed by atoms with Crippen molar-refractivity contribution >= 4 is 27.3 Å². The Bertz CT molecular complexity index is 1180. The van der Waals surface area contributed by atoms with Crippen molar-refractivity contribution in [3.05, 3.63) is 83.2 Å². The van der Waals surface area contributed by atoms with Gasteiger partial charge in [0.05, 0.1) is 10.2 Å². The molecule has 5 rings (SSSR count). The third-order valence-electron chi connectivity index (χ3n) is 5.56. The van der Waals surface area contributed by atoms with E-state index in [1.807, 2.05) is 43.5 Å². The average molecular weight is 385 g/mol. The van der Waals surface area contributed by atoms with E-state index >= 15 is 0 Å². The van der Waals surface area contributed by atoms with Gasteiger partial charge in [-0.05, 0) is 67.1 Å². The lowest BCUT2D eigenvalue weighted by Crippen LogP contribution is -2.05. The molecular formula is C24H20N2OS. The number of carbonyl (C=O) groups excluding carboxylic acids is 1. The Balaban J connectivity index is 1.40. The lowest BCUT2D eigenvalue weighted by Gasteiger charge is -2.10. The van der Waals surface area contributed by atoms with Crippen molar-refractivity contribution in [1.82, 2.24) is 9.97 Å². The van der Waals surface area contributed by atoms with Gasteiger partial charge in [-0.3, -0.25) is 9.78 Å². The summed E-state index contributed by atoms with van der Waals surface area (Å²) in [6, 6.07) is 18.4. The quantitative estimate of drug-likeness (QED) is 0.407. The van der Waals surface area contributed by atoms with E-state index in [1.165, 1.54) is 11.1 Å². The van der Waals surface area contributed by atoms with Crippen LogP contribution in [-0.4, -0.2) is 15.8 Å². The van der Waals surface area contributed by atoms with E-state index in [0.717, 1.165) is 44.9 Å². The first-order chi connectivity index (χ1) is 13.7. The zero-order chi connectivity index (χ0) is 19.1. The zero-order valence-electron chi connectivity index (χ0n) is 15.7. The Morgan fingerprint density at radius 2 is 2.04 bits per heavy atom. The standard InChI is InChI=1S/C24H20N2OS/c1-15-6-7-19(14-25-15)24-26-21-11-10-18(13-23(21)28-24)22(27)12-17-9-8-16-4-2-3-5-20(16)17/h2-7,10-11,13-14,17H,8-9,12H2,1H3/t17-/m1/s1.